The minimum absolute atomic E-state index is 0.495. The van der Waals surface area contributed by atoms with Gasteiger partial charge in [-0.05, 0) is 44.9 Å². The molecule has 0 unspecified atom stereocenters. The number of pyridine rings is 1. The number of aromatic nitrogens is 3. The molecule has 0 radical (unpaired) electrons. The molecule has 1 aliphatic heterocycles. The summed E-state index contributed by atoms with van der Waals surface area (Å²) in [6.45, 7) is 6.96. The summed E-state index contributed by atoms with van der Waals surface area (Å²) in [5.74, 6) is 2.31. The summed E-state index contributed by atoms with van der Waals surface area (Å²) in [5, 5.41) is 3.46. The van der Waals surface area contributed by atoms with Crippen LogP contribution in [0.2, 0.25) is 0 Å². The lowest BCUT2D eigenvalue weighted by atomic mass is 9.96. The molecule has 122 valence electrons. The van der Waals surface area contributed by atoms with Crippen molar-refractivity contribution in [1.82, 2.24) is 20.3 Å². The van der Waals surface area contributed by atoms with Gasteiger partial charge in [0.1, 0.15) is 11.6 Å². The van der Waals surface area contributed by atoms with Crippen LogP contribution in [-0.2, 0) is 6.54 Å². The minimum Gasteiger partial charge on any atom is -0.354 e. The molecule has 2 aromatic rings. The van der Waals surface area contributed by atoms with Crippen molar-refractivity contribution in [2.75, 3.05) is 25.0 Å². The van der Waals surface area contributed by atoms with Crippen molar-refractivity contribution in [2.24, 2.45) is 0 Å². The fourth-order valence-electron chi connectivity index (χ4n) is 3.07. The molecule has 5 nitrogen and oxygen atoms in total. The first-order valence-electron chi connectivity index (χ1n) is 8.31. The fourth-order valence-corrected chi connectivity index (χ4v) is 3.07. The first-order valence-corrected chi connectivity index (χ1v) is 8.31. The van der Waals surface area contributed by atoms with Crippen molar-refractivity contribution in [2.45, 2.75) is 39.2 Å². The first-order chi connectivity index (χ1) is 11.1. The SMILES string of the molecule is Cc1nc([C@H]2CCCNC2)cc(N(C)Cc2ncccc2C)n1. The second-order valence-electron chi connectivity index (χ2n) is 6.36. The summed E-state index contributed by atoms with van der Waals surface area (Å²) in [6, 6.07) is 6.21. The quantitative estimate of drug-likeness (QED) is 0.940. The Kier molecular flexibility index (Phi) is 4.86. The molecule has 5 heteroatoms. The van der Waals surface area contributed by atoms with E-state index < -0.39 is 0 Å². The molecule has 1 atom stereocenters. The zero-order valence-corrected chi connectivity index (χ0v) is 14.2. The van der Waals surface area contributed by atoms with Gasteiger partial charge in [0.05, 0.1) is 17.9 Å². The van der Waals surface area contributed by atoms with Crippen molar-refractivity contribution >= 4 is 5.82 Å². The van der Waals surface area contributed by atoms with Gasteiger partial charge in [0, 0.05) is 31.8 Å². The van der Waals surface area contributed by atoms with E-state index in [-0.39, 0.29) is 0 Å². The predicted octanol–water partition coefficient (Wildman–Crippen LogP) is 2.59. The van der Waals surface area contributed by atoms with E-state index in [2.05, 4.69) is 51.3 Å². The van der Waals surface area contributed by atoms with Gasteiger partial charge in [0.15, 0.2) is 0 Å². The number of hydrogen-bond donors (Lipinski definition) is 1. The van der Waals surface area contributed by atoms with Gasteiger partial charge in [-0.2, -0.15) is 0 Å². The van der Waals surface area contributed by atoms with Crippen LogP contribution in [-0.4, -0.2) is 35.1 Å². The third-order valence-corrected chi connectivity index (χ3v) is 4.46. The van der Waals surface area contributed by atoms with E-state index in [1.165, 1.54) is 18.4 Å². The highest BCUT2D eigenvalue weighted by atomic mass is 15.2. The summed E-state index contributed by atoms with van der Waals surface area (Å²) < 4.78 is 0. The summed E-state index contributed by atoms with van der Waals surface area (Å²) in [7, 11) is 2.07. The van der Waals surface area contributed by atoms with Crippen LogP contribution in [0.1, 0.15) is 41.5 Å². The number of aryl methyl sites for hydroxylation is 2. The molecule has 3 rings (SSSR count). The molecule has 0 aliphatic carbocycles. The molecule has 0 saturated carbocycles. The molecule has 0 spiro atoms. The van der Waals surface area contributed by atoms with Crippen LogP contribution in [0.4, 0.5) is 5.82 Å². The van der Waals surface area contributed by atoms with E-state index >= 15 is 0 Å². The van der Waals surface area contributed by atoms with E-state index in [1.807, 2.05) is 19.2 Å². The lowest BCUT2D eigenvalue weighted by Crippen LogP contribution is -2.29. The number of anilines is 1. The van der Waals surface area contributed by atoms with Gasteiger partial charge >= 0.3 is 0 Å². The highest BCUT2D eigenvalue weighted by molar-refractivity contribution is 5.41. The van der Waals surface area contributed by atoms with Crippen LogP contribution in [0.5, 0.6) is 0 Å². The monoisotopic (exact) mass is 311 g/mol. The summed E-state index contributed by atoms with van der Waals surface area (Å²) in [6.07, 6.45) is 4.26. The second kappa shape index (κ2) is 7.04. The number of hydrogen-bond acceptors (Lipinski definition) is 5. The molecule has 1 fully saturated rings. The molecule has 23 heavy (non-hydrogen) atoms. The maximum atomic E-state index is 4.67. The summed E-state index contributed by atoms with van der Waals surface area (Å²) in [4.78, 5) is 15.9. The number of rotatable bonds is 4. The molecule has 0 aromatic carbocycles. The smallest absolute Gasteiger partial charge is 0.132 e. The number of nitrogens with zero attached hydrogens (tertiary/aromatic N) is 4. The van der Waals surface area contributed by atoms with E-state index in [0.29, 0.717) is 5.92 Å². The summed E-state index contributed by atoms with van der Waals surface area (Å²) in [5.41, 5.74) is 3.46. The molecule has 2 aromatic heterocycles. The van der Waals surface area contributed by atoms with Crippen molar-refractivity contribution in [3.05, 3.63) is 47.2 Å². The largest absolute Gasteiger partial charge is 0.354 e. The Bertz CT molecular complexity index is 664. The van der Waals surface area contributed by atoms with Gasteiger partial charge in [-0.1, -0.05) is 6.07 Å². The minimum atomic E-state index is 0.495. The average Bonchev–Trinajstić information content (AvgIpc) is 2.57. The van der Waals surface area contributed by atoms with Gasteiger partial charge < -0.3 is 10.2 Å². The number of piperidine rings is 1. The zero-order valence-electron chi connectivity index (χ0n) is 14.2. The Balaban J connectivity index is 1.81. The Morgan fingerprint density at radius 2 is 2.17 bits per heavy atom. The molecule has 1 saturated heterocycles. The van der Waals surface area contributed by atoms with Gasteiger partial charge in [-0.3, -0.25) is 4.98 Å². The van der Waals surface area contributed by atoms with Gasteiger partial charge in [0.2, 0.25) is 0 Å². The maximum Gasteiger partial charge on any atom is 0.132 e. The third kappa shape index (κ3) is 3.85. The number of nitrogens with one attached hydrogen (secondary N) is 1. The van der Waals surface area contributed by atoms with Crippen molar-refractivity contribution in [3.8, 4) is 0 Å². The summed E-state index contributed by atoms with van der Waals surface area (Å²) >= 11 is 0. The third-order valence-electron chi connectivity index (χ3n) is 4.46. The molecule has 0 bridgehead atoms. The Morgan fingerprint density at radius 1 is 1.30 bits per heavy atom. The molecule has 0 amide bonds. The van der Waals surface area contributed by atoms with Crippen LogP contribution in [0.25, 0.3) is 0 Å². The van der Waals surface area contributed by atoms with Crippen LogP contribution in [0.15, 0.2) is 24.4 Å². The Labute approximate surface area is 138 Å². The molecular weight excluding hydrogens is 286 g/mol. The van der Waals surface area contributed by atoms with E-state index in [4.69, 9.17) is 0 Å². The lowest BCUT2D eigenvalue weighted by molar-refractivity contribution is 0.453. The highest BCUT2D eigenvalue weighted by Crippen LogP contribution is 2.24. The second-order valence-corrected chi connectivity index (χ2v) is 6.36. The molecule has 1 aliphatic rings. The molecule has 1 N–H and O–H groups in total. The van der Waals surface area contributed by atoms with Crippen LogP contribution >= 0.6 is 0 Å². The Morgan fingerprint density at radius 3 is 2.91 bits per heavy atom. The van der Waals surface area contributed by atoms with Gasteiger partial charge in [-0.15, -0.1) is 0 Å². The Hall–Kier alpha value is -2.01. The van der Waals surface area contributed by atoms with E-state index in [0.717, 1.165) is 42.7 Å². The average molecular weight is 311 g/mol. The van der Waals surface area contributed by atoms with Crippen LogP contribution in [0.3, 0.4) is 0 Å². The van der Waals surface area contributed by atoms with E-state index in [9.17, 15) is 0 Å². The topological polar surface area (TPSA) is 53.9 Å². The highest BCUT2D eigenvalue weighted by Gasteiger charge is 2.18. The van der Waals surface area contributed by atoms with Crippen molar-refractivity contribution in [3.63, 3.8) is 0 Å². The maximum absolute atomic E-state index is 4.67. The van der Waals surface area contributed by atoms with E-state index in [1.54, 1.807) is 0 Å². The normalized spacial score (nSPS) is 18.0. The predicted molar refractivity (Wildman–Crippen MR) is 92.7 cm³/mol. The van der Waals surface area contributed by atoms with Gasteiger partial charge in [0.25, 0.3) is 0 Å². The standard InChI is InChI=1S/C18H25N5/c1-13-6-4-9-20-17(13)12-23(3)18-10-16(21-14(2)22-18)15-7-5-8-19-11-15/h4,6,9-10,15,19H,5,7-8,11-12H2,1-3H3/t15-/m0/s1. The van der Waals surface area contributed by atoms with Crippen molar-refractivity contribution in [1.29, 1.82) is 0 Å². The molecular formula is C18H25N5. The van der Waals surface area contributed by atoms with Crippen molar-refractivity contribution < 1.29 is 0 Å². The first kappa shape index (κ1) is 15.9. The zero-order chi connectivity index (χ0) is 16.2. The molecule has 3 heterocycles. The van der Waals surface area contributed by atoms with Gasteiger partial charge in [-0.25, -0.2) is 9.97 Å². The lowest BCUT2D eigenvalue weighted by Gasteiger charge is -2.24. The fraction of sp³-hybridized carbons (Fsp3) is 0.500. The van der Waals surface area contributed by atoms with Crippen LogP contribution in [0, 0.1) is 13.8 Å². The van der Waals surface area contributed by atoms with Crippen LogP contribution < -0.4 is 10.2 Å².